The third-order valence-corrected chi connectivity index (χ3v) is 2.71. The Kier molecular flexibility index (Phi) is 6.75. The summed E-state index contributed by atoms with van der Waals surface area (Å²) >= 11 is 0. The summed E-state index contributed by atoms with van der Waals surface area (Å²) in [6.07, 6.45) is -4.73. The molecule has 1 rings (SSSR count). The first-order chi connectivity index (χ1) is 11.1. The quantitative estimate of drug-likeness (QED) is 0.802. The van der Waals surface area contributed by atoms with Gasteiger partial charge in [0.2, 0.25) is 0 Å². The van der Waals surface area contributed by atoms with Gasteiger partial charge in [-0.25, -0.2) is 9.59 Å². The smallest absolute Gasteiger partial charge is 0.417 e. The Morgan fingerprint density at radius 1 is 1.17 bits per heavy atom. The van der Waals surface area contributed by atoms with Gasteiger partial charge in [0.25, 0.3) is 5.91 Å². The molecular weight excluding hydrogens is 329 g/mol. The van der Waals surface area contributed by atoms with E-state index in [0.29, 0.717) is 6.54 Å². The van der Waals surface area contributed by atoms with E-state index in [1.807, 2.05) is 19.2 Å². The molecule has 0 heterocycles. The molecule has 0 aliphatic rings. The Balaban J connectivity index is 2.58. The largest absolute Gasteiger partial charge is 0.452 e. The van der Waals surface area contributed by atoms with Crippen molar-refractivity contribution in [3.05, 3.63) is 35.4 Å². The minimum atomic E-state index is -4.73. The molecule has 0 atom stereocenters. The summed E-state index contributed by atoms with van der Waals surface area (Å²) in [5.74, 6) is -2.09. The van der Waals surface area contributed by atoms with Gasteiger partial charge in [-0.2, -0.15) is 13.2 Å². The van der Waals surface area contributed by atoms with Crippen LogP contribution >= 0.6 is 0 Å². The lowest BCUT2D eigenvalue weighted by atomic mass is 10.1. The van der Waals surface area contributed by atoms with Crippen LogP contribution in [0, 0.1) is 5.92 Å². The predicted octanol–water partition coefficient (Wildman–Crippen LogP) is 2.34. The second kappa shape index (κ2) is 8.32. The molecule has 2 N–H and O–H groups in total. The molecule has 0 aromatic heterocycles. The number of rotatable bonds is 5. The first kappa shape index (κ1) is 19.5. The predicted molar refractivity (Wildman–Crippen MR) is 78.1 cm³/mol. The molecular formula is C15H17F3N2O4. The van der Waals surface area contributed by atoms with Gasteiger partial charge in [0, 0.05) is 6.54 Å². The summed E-state index contributed by atoms with van der Waals surface area (Å²) in [5, 5.41) is 4.30. The molecule has 0 saturated heterocycles. The fourth-order valence-corrected chi connectivity index (χ4v) is 1.62. The number of hydrogen-bond donors (Lipinski definition) is 2. The number of ether oxygens (including phenoxy) is 1. The lowest BCUT2D eigenvalue weighted by molar-refractivity contribution is -0.138. The number of amides is 3. The zero-order valence-corrected chi connectivity index (χ0v) is 13.1. The molecule has 24 heavy (non-hydrogen) atoms. The maximum absolute atomic E-state index is 12.8. The van der Waals surface area contributed by atoms with Crippen molar-refractivity contribution in [3.63, 3.8) is 0 Å². The molecule has 9 heteroatoms. The number of nitrogens with one attached hydrogen (secondary N) is 2. The maximum atomic E-state index is 12.8. The summed E-state index contributed by atoms with van der Waals surface area (Å²) in [4.78, 5) is 34.5. The molecule has 0 fully saturated rings. The highest BCUT2D eigenvalue weighted by atomic mass is 19.4. The van der Waals surface area contributed by atoms with Crippen molar-refractivity contribution in [2.24, 2.45) is 5.92 Å². The third-order valence-electron chi connectivity index (χ3n) is 2.71. The van der Waals surface area contributed by atoms with Crippen LogP contribution in [0.25, 0.3) is 0 Å². The van der Waals surface area contributed by atoms with Crippen LogP contribution in [0.4, 0.5) is 18.0 Å². The molecule has 132 valence electrons. The molecule has 0 bridgehead atoms. The van der Waals surface area contributed by atoms with Gasteiger partial charge in [0.05, 0.1) is 11.1 Å². The number of carbonyl (C=O) groups is 3. The SMILES string of the molecule is CC(C)CNC(=O)NC(=O)COC(=O)c1ccccc1C(F)(F)F. The lowest BCUT2D eigenvalue weighted by Crippen LogP contribution is -2.42. The monoisotopic (exact) mass is 346 g/mol. The van der Waals surface area contributed by atoms with Crippen LogP contribution in [0.2, 0.25) is 0 Å². The van der Waals surface area contributed by atoms with Gasteiger partial charge in [-0.3, -0.25) is 10.1 Å². The van der Waals surface area contributed by atoms with Crippen molar-refractivity contribution in [1.29, 1.82) is 0 Å². The Morgan fingerprint density at radius 2 is 1.79 bits per heavy atom. The minimum Gasteiger partial charge on any atom is -0.452 e. The molecule has 0 spiro atoms. The van der Waals surface area contributed by atoms with Crippen LogP contribution in [0.3, 0.4) is 0 Å². The molecule has 3 amide bonds. The van der Waals surface area contributed by atoms with Crippen LogP contribution in [0.5, 0.6) is 0 Å². The van der Waals surface area contributed by atoms with Crippen LogP contribution < -0.4 is 10.6 Å². The molecule has 0 aliphatic heterocycles. The Labute approximate surface area is 136 Å². The highest BCUT2D eigenvalue weighted by Gasteiger charge is 2.35. The molecule has 0 unspecified atom stereocenters. The fourth-order valence-electron chi connectivity index (χ4n) is 1.62. The molecule has 1 aromatic rings. The van der Waals surface area contributed by atoms with E-state index in [1.165, 1.54) is 6.07 Å². The summed E-state index contributed by atoms with van der Waals surface area (Å²) in [6.45, 7) is 3.15. The van der Waals surface area contributed by atoms with Crippen molar-refractivity contribution in [1.82, 2.24) is 10.6 Å². The first-order valence-electron chi connectivity index (χ1n) is 7.02. The van der Waals surface area contributed by atoms with Crippen LogP contribution in [0.15, 0.2) is 24.3 Å². The van der Waals surface area contributed by atoms with Crippen LogP contribution in [0.1, 0.15) is 29.8 Å². The number of carbonyl (C=O) groups excluding carboxylic acids is 3. The zero-order chi connectivity index (χ0) is 18.3. The highest BCUT2D eigenvalue weighted by Crippen LogP contribution is 2.32. The normalized spacial score (nSPS) is 11.1. The summed E-state index contributed by atoms with van der Waals surface area (Å²) < 4.78 is 42.9. The van der Waals surface area contributed by atoms with Crippen molar-refractivity contribution < 1.29 is 32.3 Å². The molecule has 6 nitrogen and oxygen atoms in total. The Bertz CT molecular complexity index is 615. The van der Waals surface area contributed by atoms with Gasteiger partial charge in [0.15, 0.2) is 6.61 Å². The molecule has 0 aliphatic carbocycles. The van der Waals surface area contributed by atoms with E-state index in [0.717, 1.165) is 18.2 Å². The zero-order valence-electron chi connectivity index (χ0n) is 13.1. The number of hydrogen-bond acceptors (Lipinski definition) is 4. The Morgan fingerprint density at radius 3 is 2.38 bits per heavy atom. The van der Waals surface area contributed by atoms with E-state index in [9.17, 15) is 27.6 Å². The van der Waals surface area contributed by atoms with Gasteiger partial charge in [0.1, 0.15) is 0 Å². The average Bonchev–Trinajstić information content (AvgIpc) is 2.49. The van der Waals surface area contributed by atoms with E-state index in [1.54, 1.807) is 0 Å². The molecule has 1 aromatic carbocycles. The van der Waals surface area contributed by atoms with E-state index in [4.69, 9.17) is 0 Å². The highest BCUT2D eigenvalue weighted by molar-refractivity contribution is 5.97. The third kappa shape index (κ3) is 6.27. The van der Waals surface area contributed by atoms with Gasteiger partial charge in [-0.1, -0.05) is 26.0 Å². The number of benzene rings is 1. The van der Waals surface area contributed by atoms with Gasteiger partial charge in [-0.15, -0.1) is 0 Å². The van der Waals surface area contributed by atoms with E-state index in [2.05, 4.69) is 10.1 Å². The van der Waals surface area contributed by atoms with Crippen LogP contribution in [-0.2, 0) is 15.7 Å². The summed E-state index contributed by atoms with van der Waals surface area (Å²) in [5.41, 5.74) is -1.87. The summed E-state index contributed by atoms with van der Waals surface area (Å²) in [7, 11) is 0. The Hall–Kier alpha value is -2.58. The van der Waals surface area contributed by atoms with Crippen molar-refractivity contribution >= 4 is 17.9 Å². The van der Waals surface area contributed by atoms with Crippen molar-refractivity contribution in [2.75, 3.05) is 13.2 Å². The molecule has 0 saturated carbocycles. The topological polar surface area (TPSA) is 84.5 Å². The fraction of sp³-hybridized carbons (Fsp3) is 0.400. The standard InChI is InChI=1S/C15H17F3N2O4/c1-9(2)7-19-14(23)20-12(21)8-24-13(22)10-5-3-4-6-11(10)15(16,17)18/h3-6,9H,7-8H2,1-2H3,(H2,19,20,21,23). The number of alkyl halides is 3. The number of urea groups is 1. The number of esters is 1. The second-order valence-electron chi connectivity index (χ2n) is 5.27. The average molecular weight is 346 g/mol. The first-order valence-corrected chi connectivity index (χ1v) is 7.02. The van der Waals surface area contributed by atoms with Crippen molar-refractivity contribution in [3.8, 4) is 0 Å². The summed E-state index contributed by atoms with van der Waals surface area (Å²) in [6, 6.07) is 3.27. The van der Waals surface area contributed by atoms with Gasteiger partial charge in [-0.05, 0) is 18.1 Å². The van der Waals surface area contributed by atoms with Crippen molar-refractivity contribution in [2.45, 2.75) is 20.0 Å². The minimum absolute atomic E-state index is 0.169. The lowest BCUT2D eigenvalue weighted by Gasteiger charge is -2.12. The van der Waals surface area contributed by atoms with E-state index >= 15 is 0 Å². The number of imide groups is 1. The van der Waals surface area contributed by atoms with Gasteiger partial charge < -0.3 is 10.1 Å². The maximum Gasteiger partial charge on any atom is 0.417 e. The van der Waals surface area contributed by atoms with E-state index in [-0.39, 0.29) is 5.92 Å². The number of halogens is 3. The van der Waals surface area contributed by atoms with E-state index < -0.39 is 41.8 Å². The second-order valence-corrected chi connectivity index (χ2v) is 5.27. The van der Waals surface area contributed by atoms with Gasteiger partial charge >= 0.3 is 18.2 Å². The van der Waals surface area contributed by atoms with Crippen LogP contribution in [-0.4, -0.2) is 31.1 Å². The molecule has 0 radical (unpaired) electrons.